The number of methoxy groups -OCH3 is 3. The van der Waals surface area contributed by atoms with E-state index in [1.54, 1.807) is 21.3 Å². The van der Waals surface area contributed by atoms with Crippen molar-refractivity contribution >= 4 is 17.4 Å². The fraction of sp³-hybridized carbons (Fsp3) is 0.474. The number of aromatic nitrogens is 2. The van der Waals surface area contributed by atoms with Gasteiger partial charge in [-0.15, -0.1) is 0 Å². The van der Waals surface area contributed by atoms with E-state index in [0.717, 1.165) is 49.9 Å². The largest absolute Gasteiger partial charge is 0.493 e. The molecule has 1 aliphatic heterocycles. The fourth-order valence-corrected chi connectivity index (χ4v) is 3.56. The van der Waals surface area contributed by atoms with Crippen LogP contribution in [0.25, 0.3) is 0 Å². The summed E-state index contributed by atoms with van der Waals surface area (Å²) in [4.78, 5) is 13.3. The third-order valence-electron chi connectivity index (χ3n) is 4.67. The van der Waals surface area contributed by atoms with E-state index >= 15 is 0 Å². The lowest BCUT2D eigenvalue weighted by molar-refractivity contribution is 0.243. The van der Waals surface area contributed by atoms with Crippen molar-refractivity contribution in [1.29, 1.82) is 0 Å². The molecule has 1 fully saturated rings. The Morgan fingerprint density at radius 1 is 0.963 bits per heavy atom. The molecule has 0 aliphatic carbocycles. The molecule has 1 aromatic carbocycles. The molecule has 0 unspecified atom stereocenters. The lowest BCUT2D eigenvalue weighted by Crippen LogP contribution is -2.46. The van der Waals surface area contributed by atoms with E-state index in [-0.39, 0.29) is 0 Å². The normalized spacial score (nSPS) is 14.9. The average Bonchev–Trinajstić information content (AvgIpc) is 2.67. The van der Waals surface area contributed by atoms with Gasteiger partial charge in [0.25, 0.3) is 0 Å². The van der Waals surface area contributed by atoms with Crippen molar-refractivity contribution in [3.05, 3.63) is 34.7 Å². The molecule has 0 atom stereocenters. The summed E-state index contributed by atoms with van der Waals surface area (Å²) in [5.41, 5.74) is 1.07. The first kappa shape index (κ1) is 19.5. The first-order valence-electron chi connectivity index (χ1n) is 8.82. The molecule has 146 valence electrons. The first-order valence-corrected chi connectivity index (χ1v) is 9.19. The maximum atomic E-state index is 6.07. The number of nitrogens with zero attached hydrogens (tertiary/aromatic N) is 4. The van der Waals surface area contributed by atoms with E-state index in [1.165, 1.54) is 0 Å². The summed E-state index contributed by atoms with van der Waals surface area (Å²) in [6.45, 7) is 6.22. The molecule has 1 aliphatic rings. The van der Waals surface area contributed by atoms with Crippen LogP contribution in [0.5, 0.6) is 17.2 Å². The number of aryl methyl sites for hydroxylation is 1. The number of piperazine rings is 1. The molecular weight excluding hydrogens is 368 g/mol. The summed E-state index contributed by atoms with van der Waals surface area (Å²) < 4.78 is 16.4. The van der Waals surface area contributed by atoms with Crippen molar-refractivity contribution in [1.82, 2.24) is 14.9 Å². The number of hydrogen-bond donors (Lipinski definition) is 0. The minimum atomic E-state index is 0.481. The van der Waals surface area contributed by atoms with Gasteiger partial charge >= 0.3 is 0 Å². The average molecular weight is 393 g/mol. The zero-order valence-electron chi connectivity index (χ0n) is 16.2. The van der Waals surface area contributed by atoms with Crippen LogP contribution in [0.1, 0.15) is 11.4 Å². The molecule has 1 saturated heterocycles. The summed E-state index contributed by atoms with van der Waals surface area (Å²) in [6.07, 6.45) is 0. The fourth-order valence-electron chi connectivity index (χ4n) is 3.34. The van der Waals surface area contributed by atoms with Gasteiger partial charge in [0.05, 0.1) is 21.3 Å². The molecule has 27 heavy (non-hydrogen) atoms. The molecule has 0 amide bonds. The van der Waals surface area contributed by atoms with Gasteiger partial charge in [0, 0.05) is 44.4 Å². The first-order chi connectivity index (χ1) is 13.0. The zero-order chi connectivity index (χ0) is 19.4. The quantitative estimate of drug-likeness (QED) is 0.700. The van der Waals surface area contributed by atoms with Crippen molar-refractivity contribution in [2.24, 2.45) is 0 Å². The lowest BCUT2D eigenvalue weighted by Gasteiger charge is -2.35. The second-order valence-corrected chi connectivity index (χ2v) is 6.74. The van der Waals surface area contributed by atoms with E-state index in [0.29, 0.717) is 22.5 Å². The summed E-state index contributed by atoms with van der Waals surface area (Å²) in [5, 5.41) is 0.481. The summed E-state index contributed by atoms with van der Waals surface area (Å²) in [7, 11) is 4.90. The molecular formula is C19H25ClN4O3. The third-order valence-corrected chi connectivity index (χ3v) is 4.86. The molecule has 2 heterocycles. The maximum absolute atomic E-state index is 6.07. The number of rotatable bonds is 6. The molecule has 0 radical (unpaired) electrons. The van der Waals surface area contributed by atoms with Crippen LogP contribution >= 0.6 is 11.6 Å². The third kappa shape index (κ3) is 4.36. The van der Waals surface area contributed by atoms with Crippen molar-refractivity contribution in [3.63, 3.8) is 0 Å². The number of anilines is 1. The summed E-state index contributed by atoms with van der Waals surface area (Å²) in [6, 6.07) is 5.76. The molecule has 0 N–H and O–H groups in total. The molecule has 8 heteroatoms. The second-order valence-electron chi connectivity index (χ2n) is 6.35. The lowest BCUT2D eigenvalue weighted by atomic mass is 10.1. The van der Waals surface area contributed by atoms with E-state index in [1.807, 2.05) is 25.1 Å². The summed E-state index contributed by atoms with van der Waals surface area (Å²) in [5.74, 6) is 3.59. The van der Waals surface area contributed by atoms with E-state index in [9.17, 15) is 0 Å². The Labute approximate surface area is 164 Å². The standard InChI is InChI=1S/C19H25ClN4O3/c1-13-21-16(20)11-17(22-13)24-9-7-23(8-10-24)12-14-5-6-15(25-2)19(27-4)18(14)26-3/h5-6,11H,7-10,12H2,1-4H3. The van der Waals surface area contributed by atoms with Gasteiger partial charge in [-0.3, -0.25) is 4.90 Å². The Morgan fingerprint density at radius 3 is 2.26 bits per heavy atom. The highest BCUT2D eigenvalue weighted by atomic mass is 35.5. The van der Waals surface area contributed by atoms with Gasteiger partial charge in [0.2, 0.25) is 5.75 Å². The topological polar surface area (TPSA) is 60.0 Å². The smallest absolute Gasteiger partial charge is 0.203 e. The Kier molecular flexibility index (Phi) is 6.23. The highest BCUT2D eigenvalue weighted by Gasteiger charge is 2.22. The van der Waals surface area contributed by atoms with E-state index in [2.05, 4.69) is 19.8 Å². The minimum Gasteiger partial charge on any atom is -0.493 e. The van der Waals surface area contributed by atoms with Crippen LogP contribution in [0.4, 0.5) is 5.82 Å². The van der Waals surface area contributed by atoms with Crippen LogP contribution in [0, 0.1) is 6.92 Å². The molecule has 1 aromatic heterocycles. The van der Waals surface area contributed by atoms with Gasteiger partial charge in [-0.05, 0) is 13.0 Å². The number of ether oxygens (including phenoxy) is 3. The van der Waals surface area contributed by atoms with Gasteiger partial charge in [0.15, 0.2) is 11.5 Å². The van der Waals surface area contributed by atoms with Gasteiger partial charge in [-0.25, -0.2) is 9.97 Å². The van der Waals surface area contributed by atoms with Crippen LogP contribution in [0.2, 0.25) is 5.15 Å². The molecule has 0 saturated carbocycles. The molecule has 3 rings (SSSR count). The Hall–Kier alpha value is -2.25. The van der Waals surface area contributed by atoms with Crippen LogP contribution in [-0.2, 0) is 6.54 Å². The highest BCUT2D eigenvalue weighted by Crippen LogP contribution is 2.40. The number of benzene rings is 1. The van der Waals surface area contributed by atoms with E-state index in [4.69, 9.17) is 25.8 Å². The van der Waals surface area contributed by atoms with Crippen molar-refractivity contribution < 1.29 is 14.2 Å². The SMILES string of the molecule is COc1ccc(CN2CCN(c3cc(Cl)nc(C)n3)CC2)c(OC)c1OC. The van der Waals surface area contributed by atoms with Gasteiger partial charge in [-0.1, -0.05) is 17.7 Å². The van der Waals surface area contributed by atoms with Gasteiger partial charge in [-0.2, -0.15) is 0 Å². The summed E-state index contributed by atoms with van der Waals surface area (Å²) >= 11 is 6.07. The predicted molar refractivity (Wildman–Crippen MR) is 105 cm³/mol. The second kappa shape index (κ2) is 8.63. The van der Waals surface area contributed by atoms with Gasteiger partial charge < -0.3 is 19.1 Å². The molecule has 0 spiro atoms. The van der Waals surface area contributed by atoms with Crippen molar-refractivity contribution in [3.8, 4) is 17.2 Å². The monoisotopic (exact) mass is 392 g/mol. The van der Waals surface area contributed by atoms with Crippen molar-refractivity contribution in [2.45, 2.75) is 13.5 Å². The zero-order valence-corrected chi connectivity index (χ0v) is 16.9. The van der Waals surface area contributed by atoms with E-state index < -0.39 is 0 Å². The Morgan fingerprint density at radius 2 is 1.67 bits per heavy atom. The maximum Gasteiger partial charge on any atom is 0.203 e. The Bertz CT molecular complexity index is 775. The van der Waals surface area contributed by atoms with Crippen LogP contribution < -0.4 is 19.1 Å². The predicted octanol–water partition coefficient (Wildman–Crippen LogP) is 2.79. The highest BCUT2D eigenvalue weighted by molar-refractivity contribution is 6.29. The van der Waals surface area contributed by atoms with Gasteiger partial charge in [0.1, 0.15) is 16.8 Å². The van der Waals surface area contributed by atoms with Crippen LogP contribution in [0.15, 0.2) is 18.2 Å². The molecule has 2 aromatic rings. The van der Waals surface area contributed by atoms with Crippen LogP contribution in [0.3, 0.4) is 0 Å². The number of hydrogen-bond acceptors (Lipinski definition) is 7. The Balaban J connectivity index is 1.69. The van der Waals surface area contributed by atoms with Crippen LogP contribution in [-0.4, -0.2) is 62.4 Å². The number of halogens is 1. The molecule has 7 nitrogen and oxygen atoms in total. The van der Waals surface area contributed by atoms with Crippen molar-refractivity contribution in [2.75, 3.05) is 52.4 Å². The minimum absolute atomic E-state index is 0.481. The molecule has 0 bridgehead atoms.